The molecule has 0 bridgehead atoms. The Balaban J connectivity index is 2.58. The molecule has 4 heteroatoms. The van der Waals surface area contributed by atoms with Crippen LogP contribution in [-0.4, -0.2) is 40.0 Å². The average molecular weight is 339 g/mol. The van der Waals surface area contributed by atoms with E-state index in [0.717, 1.165) is 6.42 Å². The van der Waals surface area contributed by atoms with Gasteiger partial charge in [0.15, 0.2) is 0 Å². The fourth-order valence-corrected chi connectivity index (χ4v) is 3.87. The quantitative estimate of drug-likeness (QED) is 0.619. The molecule has 1 fully saturated rings. The summed E-state index contributed by atoms with van der Waals surface area (Å²) in [5.41, 5.74) is 0. The summed E-state index contributed by atoms with van der Waals surface area (Å²) in [5, 5.41) is 9.38. The lowest BCUT2D eigenvalue weighted by molar-refractivity contribution is -0.140. The van der Waals surface area contributed by atoms with Gasteiger partial charge in [0.25, 0.3) is 0 Å². The minimum atomic E-state index is -0.660. The highest BCUT2D eigenvalue weighted by Gasteiger charge is 2.38. The number of carbonyl (C=O) groups is 1. The standard InChI is InChI=1S/C12H22INO2/c1-14(2)9-12(13,11(15)16)8-10-6-4-3-5-7-10/h10H,3-9H2,1-2H3,(H,15,16)/t12-/m1/s1. The van der Waals surface area contributed by atoms with Crippen LogP contribution in [-0.2, 0) is 4.79 Å². The summed E-state index contributed by atoms with van der Waals surface area (Å²) in [4.78, 5) is 13.4. The van der Waals surface area contributed by atoms with Crippen LogP contribution in [0.5, 0.6) is 0 Å². The summed E-state index contributed by atoms with van der Waals surface area (Å²) in [6.07, 6.45) is 7.13. The van der Waals surface area contributed by atoms with E-state index in [1.165, 1.54) is 32.1 Å². The molecule has 0 amide bonds. The maximum Gasteiger partial charge on any atom is 0.320 e. The summed E-state index contributed by atoms with van der Waals surface area (Å²) in [6, 6.07) is 0. The Hall–Kier alpha value is 0.160. The third-order valence-corrected chi connectivity index (χ3v) is 4.53. The van der Waals surface area contributed by atoms with Crippen LogP contribution in [0.3, 0.4) is 0 Å². The van der Waals surface area contributed by atoms with Crippen LogP contribution in [0.2, 0.25) is 0 Å². The van der Waals surface area contributed by atoms with E-state index >= 15 is 0 Å². The van der Waals surface area contributed by atoms with Crippen LogP contribution in [0.1, 0.15) is 38.5 Å². The normalized spacial score (nSPS) is 22.0. The largest absolute Gasteiger partial charge is 0.480 e. The molecule has 1 saturated carbocycles. The summed E-state index contributed by atoms with van der Waals surface area (Å²) in [7, 11) is 3.88. The van der Waals surface area contributed by atoms with E-state index in [0.29, 0.717) is 12.5 Å². The molecular formula is C12H22INO2. The van der Waals surface area contributed by atoms with Gasteiger partial charge >= 0.3 is 5.97 Å². The van der Waals surface area contributed by atoms with E-state index in [-0.39, 0.29) is 0 Å². The van der Waals surface area contributed by atoms with Gasteiger partial charge in [-0.25, -0.2) is 0 Å². The first-order valence-corrected chi connectivity index (χ1v) is 7.09. The van der Waals surface area contributed by atoms with Gasteiger partial charge in [0.05, 0.1) is 0 Å². The molecule has 0 spiro atoms. The number of halogens is 1. The number of carboxylic acids is 1. The Morgan fingerprint density at radius 2 is 1.94 bits per heavy atom. The van der Waals surface area contributed by atoms with Crippen LogP contribution in [0.25, 0.3) is 0 Å². The van der Waals surface area contributed by atoms with Crippen molar-refractivity contribution < 1.29 is 9.90 Å². The molecule has 16 heavy (non-hydrogen) atoms. The lowest BCUT2D eigenvalue weighted by atomic mass is 9.82. The third-order valence-electron chi connectivity index (χ3n) is 3.29. The first-order chi connectivity index (χ1) is 7.44. The molecule has 0 aromatic rings. The second-order valence-electron chi connectivity index (χ2n) is 5.22. The first-order valence-electron chi connectivity index (χ1n) is 6.01. The van der Waals surface area contributed by atoms with Crippen molar-refractivity contribution in [1.82, 2.24) is 4.90 Å². The molecule has 94 valence electrons. The van der Waals surface area contributed by atoms with Crippen LogP contribution in [0.4, 0.5) is 0 Å². The van der Waals surface area contributed by atoms with Crippen molar-refractivity contribution in [2.24, 2.45) is 5.92 Å². The van der Waals surface area contributed by atoms with Crippen molar-refractivity contribution in [2.45, 2.75) is 41.9 Å². The molecule has 0 radical (unpaired) electrons. The van der Waals surface area contributed by atoms with Gasteiger partial charge < -0.3 is 10.0 Å². The minimum absolute atomic E-state index is 0.608. The second-order valence-corrected chi connectivity index (χ2v) is 7.28. The Labute approximate surface area is 112 Å². The summed E-state index contributed by atoms with van der Waals surface area (Å²) in [5.74, 6) is -0.0472. The van der Waals surface area contributed by atoms with Gasteiger partial charge in [0.2, 0.25) is 0 Å². The fraction of sp³-hybridized carbons (Fsp3) is 0.917. The van der Waals surface area contributed by atoms with Crippen molar-refractivity contribution in [3.05, 3.63) is 0 Å². The number of hydrogen-bond donors (Lipinski definition) is 1. The number of aliphatic carboxylic acids is 1. The van der Waals surface area contributed by atoms with Crippen LogP contribution in [0, 0.1) is 5.92 Å². The summed E-state index contributed by atoms with van der Waals surface area (Å²) in [6.45, 7) is 0.624. The van der Waals surface area contributed by atoms with Gasteiger partial charge in [0, 0.05) is 6.54 Å². The van der Waals surface area contributed by atoms with Crippen molar-refractivity contribution >= 4 is 28.6 Å². The van der Waals surface area contributed by atoms with E-state index in [1.807, 2.05) is 19.0 Å². The summed E-state index contributed by atoms with van der Waals surface area (Å²) < 4.78 is -0.608. The van der Waals surface area contributed by atoms with Crippen LogP contribution >= 0.6 is 22.6 Å². The number of rotatable bonds is 5. The summed E-state index contributed by atoms with van der Waals surface area (Å²) >= 11 is 2.14. The maximum absolute atomic E-state index is 11.4. The van der Waals surface area contributed by atoms with Crippen LogP contribution < -0.4 is 0 Å². The minimum Gasteiger partial charge on any atom is -0.480 e. The van der Waals surface area contributed by atoms with Gasteiger partial charge in [-0.2, -0.15) is 0 Å². The molecule has 0 aromatic carbocycles. The number of carboxylic acid groups (broad SMARTS) is 1. The molecule has 0 unspecified atom stereocenters. The van der Waals surface area contributed by atoms with Crippen molar-refractivity contribution in [1.29, 1.82) is 0 Å². The molecular weight excluding hydrogens is 317 g/mol. The zero-order chi connectivity index (χ0) is 12.2. The van der Waals surface area contributed by atoms with Gasteiger partial charge in [-0.1, -0.05) is 54.7 Å². The van der Waals surface area contributed by atoms with Crippen molar-refractivity contribution in [3.63, 3.8) is 0 Å². The predicted octanol–water partition coefficient (Wildman–Crippen LogP) is 2.78. The lowest BCUT2D eigenvalue weighted by Crippen LogP contribution is -2.43. The highest BCUT2D eigenvalue weighted by Crippen LogP contribution is 2.35. The Bertz CT molecular complexity index is 239. The van der Waals surface area contributed by atoms with E-state index in [2.05, 4.69) is 22.6 Å². The monoisotopic (exact) mass is 339 g/mol. The Morgan fingerprint density at radius 3 is 2.38 bits per heavy atom. The molecule has 1 rings (SSSR count). The Kier molecular flexibility index (Phi) is 5.50. The fourth-order valence-electron chi connectivity index (χ4n) is 2.57. The van der Waals surface area contributed by atoms with E-state index in [9.17, 15) is 9.90 Å². The SMILES string of the molecule is CN(C)C[C@](I)(CC1CCCCC1)C(=O)O. The predicted molar refractivity (Wildman–Crippen MR) is 74.1 cm³/mol. The second kappa shape index (κ2) is 6.19. The molecule has 1 N–H and O–H groups in total. The molecule has 1 aliphatic carbocycles. The van der Waals surface area contributed by atoms with Gasteiger partial charge in [-0.05, 0) is 26.4 Å². The van der Waals surface area contributed by atoms with Crippen molar-refractivity contribution in [2.75, 3.05) is 20.6 Å². The van der Waals surface area contributed by atoms with Crippen molar-refractivity contribution in [3.8, 4) is 0 Å². The smallest absolute Gasteiger partial charge is 0.320 e. The number of nitrogens with zero attached hydrogens (tertiary/aromatic N) is 1. The number of alkyl halides is 1. The van der Waals surface area contributed by atoms with Gasteiger partial charge in [-0.3, -0.25) is 4.79 Å². The highest BCUT2D eigenvalue weighted by atomic mass is 127. The molecule has 1 aliphatic rings. The number of hydrogen-bond acceptors (Lipinski definition) is 2. The molecule has 1 atom stereocenters. The van der Waals surface area contributed by atoms with E-state index < -0.39 is 9.39 Å². The molecule has 0 aromatic heterocycles. The molecule has 0 heterocycles. The zero-order valence-corrected chi connectivity index (χ0v) is 12.4. The van der Waals surface area contributed by atoms with Crippen LogP contribution in [0.15, 0.2) is 0 Å². The lowest BCUT2D eigenvalue weighted by Gasteiger charge is -2.32. The van der Waals surface area contributed by atoms with E-state index in [1.54, 1.807) is 0 Å². The van der Waals surface area contributed by atoms with Gasteiger partial charge in [-0.15, -0.1) is 0 Å². The average Bonchev–Trinajstić information content (AvgIpc) is 2.17. The maximum atomic E-state index is 11.4. The third kappa shape index (κ3) is 4.20. The Morgan fingerprint density at radius 1 is 1.38 bits per heavy atom. The first kappa shape index (κ1) is 14.2. The van der Waals surface area contributed by atoms with Gasteiger partial charge in [0.1, 0.15) is 3.42 Å². The van der Waals surface area contributed by atoms with E-state index in [4.69, 9.17) is 0 Å². The highest BCUT2D eigenvalue weighted by molar-refractivity contribution is 14.1. The molecule has 3 nitrogen and oxygen atoms in total. The molecule has 0 aliphatic heterocycles. The zero-order valence-electron chi connectivity index (χ0n) is 10.2. The molecule has 0 saturated heterocycles. The topological polar surface area (TPSA) is 40.5 Å².